The van der Waals surface area contributed by atoms with Crippen LogP contribution in [0, 0.1) is 20.8 Å². The van der Waals surface area contributed by atoms with Gasteiger partial charge < -0.3 is 10.2 Å². The number of hydrogen-bond donors (Lipinski definition) is 1. The third kappa shape index (κ3) is 5.02. The largest absolute Gasteiger partial charge is 0.352 e. The van der Waals surface area contributed by atoms with Crippen molar-refractivity contribution in [1.29, 1.82) is 0 Å². The average molecular weight is 430 g/mol. The number of aryl methyl sites for hydroxylation is 2. The van der Waals surface area contributed by atoms with E-state index in [-0.39, 0.29) is 23.4 Å². The van der Waals surface area contributed by atoms with E-state index in [1.54, 1.807) is 30.3 Å². The van der Waals surface area contributed by atoms with E-state index < -0.39 is 10.0 Å². The van der Waals surface area contributed by atoms with Crippen molar-refractivity contribution in [1.82, 2.24) is 10.2 Å². The molecule has 3 rings (SSSR count). The molecular formula is C23H31N3O3S. The number of anilines is 1. The standard InChI is InChI=1S/C23H31N3O3S/c1-17-8-10-21(11-9-17)30(28,29)26(22-7-5-6-18(2)19(22)3)16-23(27)24-20-12-14-25(4)15-13-20/h5-11,20H,12-16H2,1-4H3,(H,24,27). The van der Waals surface area contributed by atoms with Crippen molar-refractivity contribution in [2.75, 3.05) is 31.0 Å². The van der Waals surface area contributed by atoms with Crippen LogP contribution in [0.2, 0.25) is 0 Å². The molecule has 0 spiro atoms. The summed E-state index contributed by atoms with van der Waals surface area (Å²) in [6.45, 7) is 7.34. The molecule has 0 unspecified atom stereocenters. The molecule has 7 heteroatoms. The molecule has 1 saturated heterocycles. The predicted molar refractivity (Wildman–Crippen MR) is 120 cm³/mol. The second-order valence-corrected chi connectivity index (χ2v) is 10.1. The van der Waals surface area contributed by atoms with Crippen LogP contribution >= 0.6 is 0 Å². The van der Waals surface area contributed by atoms with E-state index in [0.29, 0.717) is 5.69 Å². The lowest BCUT2D eigenvalue weighted by Crippen LogP contribution is -2.48. The number of sulfonamides is 1. The number of carbonyl (C=O) groups is 1. The number of nitrogens with zero attached hydrogens (tertiary/aromatic N) is 2. The molecule has 2 aromatic rings. The highest BCUT2D eigenvalue weighted by Crippen LogP contribution is 2.28. The molecule has 0 aliphatic carbocycles. The van der Waals surface area contributed by atoms with Gasteiger partial charge in [-0.25, -0.2) is 8.42 Å². The van der Waals surface area contributed by atoms with E-state index in [2.05, 4.69) is 17.3 Å². The monoisotopic (exact) mass is 429 g/mol. The molecule has 6 nitrogen and oxygen atoms in total. The van der Waals surface area contributed by atoms with Crippen LogP contribution in [0.1, 0.15) is 29.5 Å². The van der Waals surface area contributed by atoms with Gasteiger partial charge in [0.1, 0.15) is 6.54 Å². The van der Waals surface area contributed by atoms with Gasteiger partial charge in [-0.1, -0.05) is 29.8 Å². The van der Waals surface area contributed by atoms with Crippen molar-refractivity contribution < 1.29 is 13.2 Å². The molecule has 30 heavy (non-hydrogen) atoms. The zero-order valence-electron chi connectivity index (χ0n) is 18.2. The van der Waals surface area contributed by atoms with Gasteiger partial charge in [0.2, 0.25) is 5.91 Å². The van der Waals surface area contributed by atoms with Crippen LogP contribution in [0.15, 0.2) is 47.4 Å². The van der Waals surface area contributed by atoms with Crippen LogP contribution in [-0.4, -0.2) is 51.9 Å². The quantitative estimate of drug-likeness (QED) is 0.766. The normalized spacial score (nSPS) is 15.7. The fraction of sp³-hybridized carbons (Fsp3) is 0.435. The number of likely N-dealkylation sites (tertiary alicyclic amines) is 1. The first-order chi connectivity index (χ1) is 14.2. The molecule has 1 amide bonds. The number of benzene rings is 2. The molecule has 2 aromatic carbocycles. The Bertz CT molecular complexity index is 995. The molecule has 0 saturated carbocycles. The maximum Gasteiger partial charge on any atom is 0.264 e. The molecule has 1 N–H and O–H groups in total. The van der Waals surface area contributed by atoms with Gasteiger partial charge in [0.05, 0.1) is 10.6 Å². The Balaban J connectivity index is 1.91. The van der Waals surface area contributed by atoms with Crippen LogP contribution in [0.5, 0.6) is 0 Å². The molecule has 1 aliphatic heterocycles. The summed E-state index contributed by atoms with van der Waals surface area (Å²) < 4.78 is 28.3. The first-order valence-electron chi connectivity index (χ1n) is 10.3. The predicted octanol–water partition coefficient (Wildman–Crippen LogP) is 3.02. The Morgan fingerprint density at radius 3 is 2.33 bits per heavy atom. The van der Waals surface area contributed by atoms with Gasteiger partial charge in [0, 0.05) is 6.04 Å². The fourth-order valence-corrected chi connectivity index (χ4v) is 5.18. The third-order valence-corrected chi connectivity index (χ3v) is 7.60. The van der Waals surface area contributed by atoms with E-state index in [4.69, 9.17) is 0 Å². The van der Waals surface area contributed by atoms with Gasteiger partial charge in [-0.3, -0.25) is 9.10 Å². The molecule has 1 fully saturated rings. The van der Waals surface area contributed by atoms with Crippen molar-refractivity contribution in [3.8, 4) is 0 Å². The van der Waals surface area contributed by atoms with Crippen molar-refractivity contribution in [3.63, 3.8) is 0 Å². The Hall–Kier alpha value is -2.38. The first kappa shape index (κ1) is 22.3. The third-order valence-electron chi connectivity index (χ3n) is 5.82. The molecule has 162 valence electrons. The summed E-state index contributed by atoms with van der Waals surface area (Å²) in [5.74, 6) is -0.277. The van der Waals surface area contributed by atoms with Crippen LogP contribution < -0.4 is 9.62 Å². The van der Waals surface area contributed by atoms with Gasteiger partial charge >= 0.3 is 0 Å². The van der Waals surface area contributed by atoms with Gasteiger partial charge in [0.25, 0.3) is 10.0 Å². The number of nitrogens with one attached hydrogen (secondary N) is 1. The van der Waals surface area contributed by atoms with Crippen molar-refractivity contribution in [3.05, 3.63) is 59.2 Å². The molecule has 0 aromatic heterocycles. The lowest BCUT2D eigenvalue weighted by molar-refractivity contribution is -0.120. The number of piperidine rings is 1. The maximum atomic E-state index is 13.5. The lowest BCUT2D eigenvalue weighted by Gasteiger charge is -2.31. The molecule has 0 atom stereocenters. The Morgan fingerprint density at radius 1 is 1.07 bits per heavy atom. The molecule has 0 radical (unpaired) electrons. The van der Waals surface area contributed by atoms with Crippen LogP contribution in [0.25, 0.3) is 0 Å². The van der Waals surface area contributed by atoms with Gasteiger partial charge in [-0.15, -0.1) is 0 Å². The van der Waals surface area contributed by atoms with E-state index in [1.807, 2.05) is 32.9 Å². The van der Waals surface area contributed by atoms with Crippen molar-refractivity contribution in [2.45, 2.75) is 44.6 Å². The van der Waals surface area contributed by atoms with Crippen LogP contribution in [-0.2, 0) is 14.8 Å². The zero-order chi connectivity index (χ0) is 21.9. The zero-order valence-corrected chi connectivity index (χ0v) is 19.0. The van der Waals surface area contributed by atoms with Crippen molar-refractivity contribution >= 4 is 21.6 Å². The number of rotatable bonds is 6. The minimum absolute atomic E-state index is 0.0798. The highest BCUT2D eigenvalue weighted by molar-refractivity contribution is 7.92. The number of hydrogen-bond acceptors (Lipinski definition) is 4. The van der Waals surface area contributed by atoms with Gasteiger partial charge in [-0.05, 0) is 83.1 Å². The smallest absolute Gasteiger partial charge is 0.264 e. The number of amides is 1. The van der Waals surface area contributed by atoms with E-state index in [9.17, 15) is 13.2 Å². The Labute approximate surface area is 179 Å². The van der Waals surface area contributed by atoms with Gasteiger partial charge in [-0.2, -0.15) is 0 Å². The molecular weight excluding hydrogens is 398 g/mol. The SMILES string of the molecule is Cc1ccc(S(=O)(=O)N(CC(=O)NC2CCN(C)CC2)c2cccc(C)c2C)cc1. The van der Waals surface area contributed by atoms with E-state index >= 15 is 0 Å². The molecule has 1 heterocycles. The minimum Gasteiger partial charge on any atom is -0.352 e. The summed E-state index contributed by atoms with van der Waals surface area (Å²) in [6.07, 6.45) is 1.74. The van der Waals surface area contributed by atoms with Crippen LogP contribution in [0.4, 0.5) is 5.69 Å². The highest BCUT2D eigenvalue weighted by atomic mass is 32.2. The summed E-state index contributed by atoms with van der Waals surface area (Å²) in [4.78, 5) is 15.3. The summed E-state index contributed by atoms with van der Waals surface area (Å²) >= 11 is 0. The van der Waals surface area contributed by atoms with Crippen molar-refractivity contribution in [2.24, 2.45) is 0 Å². The summed E-state index contributed by atoms with van der Waals surface area (Å²) in [7, 11) is -1.83. The summed E-state index contributed by atoms with van der Waals surface area (Å²) in [6, 6.07) is 12.3. The minimum atomic E-state index is -3.89. The van der Waals surface area contributed by atoms with Gasteiger partial charge in [0.15, 0.2) is 0 Å². The topological polar surface area (TPSA) is 69.7 Å². The Morgan fingerprint density at radius 2 is 1.70 bits per heavy atom. The fourth-order valence-electron chi connectivity index (χ4n) is 3.70. The Kier molecular flexibility index (Phi) is 6.83. The molecule has 0 bridgehead atoms. The van der Waals surface area contributed by atoms with Crippen LogP contribution in [0.3, 0.4) is 0 Å². The highest BCUT2D eigenvalue weighted by Gasteiger charge is 2.29. The second-order valence-electron chi connectivity index (χ2n) is 8.19. The lowest BCUT2D eigenvalue weighted by atomic mass is 10.1. The summed E-state index contributed by atoms with van der Waals surface area (Å²) in [5, 5.41) is 3.03. The number of carbonyl (C=O) groups excluding carboxylic acids is 1. The van der Waals surface area contributed by atoms with E-state index in [1.165, 1.54) is 4.31 Å². The second kappa shape index (κ2) is 9.18. The average Bonchev–Trinajstić information content (AvgIpc) is 2.70. The molecule has 1 aliphatic rings. The summed E-state index contributed by atoms with van der Waals surface area (Å²) in [5.41, 5.74) is 3.34. The van der Waals surface area contributed by atoms with E-state index in [0.717, 1.165) is 42.6 Å². The maximum absolute atomic E-state index is 13.5. The first-order valence-corrected chi connectivity index (χ1v) is 11.8.